The maximum atomic E-state index is 12.9. The Morgan fingerprint density at radius 1 is 0.225 bits per heavy atom. The van der Waals surface area contributed by atoms with Crippen molar-refractivity contribution < 1.29 is 28.6 Å². The first-order chi connectivity index (χ1) is 35.0. The van der Waals surface area contributed by atoms with Crippen LogP contribution in [-0.2, 0) is 28.6 Å². The average molecular weight is 1000 g/mol. The summed E-state index contributed by atoms with van der Waals surface area (Å²) >= 11 is 0. The highest BCUT2D eigenvalue weighted by Gasteiger charge is 2.19. The fraction of sp³-hybridized carbons (Fsp3) is 0.954. The summed E-state index contributed by atoms with van der Waals surface area (Å²) < 4.78 is 17.0. The third kappa shape index (κ3) is 59.2. The number of esters is 3. The van der Waals surface area contributed by atoms with Crippen LogP contribution in [0.1, 0.15) is 380 Å². The van der Waals surface area contributed by atoms with Gasteiger partial charge in [0.05, 0.1) is 0 Å². The van der Waals surface area contributed by atoms with Crippen LogP contribution in [0, 0.1) is 0 Å². The molecule has 0 spiro atoms. The lowest BCUT2D eigenvalue weighted by atomic mass is 10.0. The van der Waals surface area contributed by atoms with E-state index in [4.69, 9.17) is 14.2 Å². The molecular weight excluding hydrogens is 877 g/mol. The van der Waals surface area contributed by atoms with Crippen LogP contribution in [0.5, 0.6) is 0 Å². The van der Waals surface area contributed by atoms with E-state index in [0.717, 1.165) is 57.8 Å². The zero-order valence-corrected chi connectivity index (χ0v) is 48.5. The first kappa shape index (κ1) is 69.4. The largest absolute Gasteiger partial charge is 0.462 e. The van der Waals surface area contributed by atoms with Gasteiger partial charge in [-0.05, 0) is 19.3 Å². The molecule has 0 aromatic carbocycles. The standard InChI is InChI=1S/C65H126O6/c1-4-7-10-13-16-19-22-25-28-30-32-34-37-40-43-46-49-52-55-58-64(67)70-61-62(60-69-63(66)57-54-51-48-45-42-39-36-27-24-21-18-15-12-9-6-3)71-65(68)59-56-53-50-47-44-41-38-35-33-31-29-26-23-20-17-14-11-8-5-2/h62H,4-61H2,1-3H3/t62-/m0/s1. The third-order valence-electron chi connectivity index (χ3n) is 15.1. The third-order valence-corrected chi connectivity index (χ3v) is 15.1. The summed E-state index contributed by atoms with van der Waals surface area (Å²) in [5.74, 6) is -0.823. The normalized spacial score (nSPS) is 11.9. The number of unbranched alkanes of at least 4 members (excludes halogenated alkanes) is 50. The topological polar surface area (TPSA) is 78.9 Å². The SMILES string of the molecule is CCCCCCCCCCCCCCCCCCCCCC(=O)OC[C@H](COC(=O)CCCCCCCCCCCCCCCCC)OC(=O)CCCCCCCCCCCCCCCCCCCCC. The summed E-state index contributed by atoms with van der Waals surface area (Å²) in [5, 5.41) is 0. The molecular formula is C65H126O6. The van der Waals surface area contributed by atoms with Gasteiger partial charge in [-0.25, -0.2) is 0 Å². The summed E-state index contributed by atoms with van der Waals surface area (Å²) in [6, 6.07) is 0. The zero-order chi connectivity index (χ0) is 51.4. The van der Waals surface area contributed by atoms with E-state index >= 15 is 0 Å². The molecule has 0 radical (unpaired) electrons. The molecule has 0 amide bonds. The lowest BCUT2D eigenvalue weighted by molar-refractivity contribution is -0.167. The second kappa shape index (κ2) is 61.0. The maximum absolute atomic E-state index is 12.9. The zero-order valence-electron chi connectivity index (χ0n) is 48.5. The number of hydrogen-bond donors (Lipinski definition) is 0. The second-order valence-electron chi connectivity index (χ2n) is 22.4. The Balaban J connectivity index is 4.27. The van der Waals surface area contributed by atoms with Gasteiger partial charge < -0.3 is 14.2 Å². The molecule has 0 heterocycles. The van der Waals surface area contributed by atoms with Gasteiger partial charge in [-0.15, -0.1) is 0 Å². The lowest BCUT2D eigenvalue weighted by Crippen LogP contribution is -2.30. The van der Waals surface area contributed by atoms with Crippen LogP contribution < -0.4 is 0 Å². The van der Waals surface area contributed by atoms with Crippen LogP contribution in [0.3, 0.4) is 0 Å². The fourth-order valence-electron chi connectivity index (χ4n) is 10.2. The molecule has 6 nitrogen and oxygen atoms in total. The molecule has 0 N–H and O–H groups in total. The van der Waals surface area contributed by atoms with Gasteiger partial charge in [0.15, 0.2) is 6.10 Å². The second-order valence-corrected chi connectivity index (χ2v) is 22.4. The van der Waals surface area contributed by atoms with E-state index in [1.165, 1.54) is 283 Å². The molecule has 0 aliphatic heterocycles. The van der Waals surface area contributed by atoms with E-state index in [-0.39, 0.29) is 31.1 Å². The first-order valence-corrected chi connectivity index (χ1v) is 32.5. The van der Waals surface area contributed by atoms with E-state index in [0.29, 0.717) is 19.3 Å². The molecule has 0 saturated carbocycles. The molecule has 0 aliphatic rings. The van der Waals surface area contributed by atoms with Gasteiger partial charge in [-0.1, -0.05) is 342 Å². The Bertz CT molecular complexity index is 1060. The average Bonchev–Trinajstić information content (AvgIpc) is 3.37. The molecule has 0 aromatic heterocycles. The minimum Gasteiger partial charge on any atom is -0.462 e. The smallest absolute Gasteiger partial charge is 0.306 e. The van der Waals surface area contributed by atoms with Gasteiger partial charge in [0.1, 0.15) is 13.2 Å². The predicted molar refractivity (Wildman–Crippen MR) is 307 cm³/mol. The van der Waals surface area contributed by atoms with Crippen molar-refractivity contribution in [3.63, 3.8) is 0 Å². The maximum Gasteiger partial charge on any atom is 0.306 e. The van der Waals surface area contributed by atoms with E-state index in [9.17, 15) is 14.4 Å². The molecule has 0 rings (SSSR count). The van der Waals surface area contributed by atoms with Crippen LogP contribution in [0.25, 0.3) is 0 Å². The summed E-state index contributed by atoms with van der Waals surface area (Å²) in [5.41, 5.74) is 0. The Hall–Kier alpha value is -1.59. The van der Waals surface area contributed by atoms with E-state index in [2.05, 4.69) is 20.8 Å². The molecule has 0 saturated heterocycles. The Kier molecular flexibility index (Phi) is 59.6. The van der Waals surface area contributed by atoms with Gasteiger partial charge in [0.2, 0.25) is 0 Å². The minimum absolute atomic E-state index is 0.0604. The number of rotatable bonds is 61. The van der Waals surface area contributed by atoms with Crippen molar-refractivity contribution in [2.24, 2.45) is 0 Å². The van der Waals surface area contributed by atoms with Crippen molar-refractivity contribution in [2.45, 2.75) is 386 Å². The van der Waals surface area contributed by atoms with Crippen LogP contribution in [0.2, 0.25) is 0 Å². The highest BCUT2D eigenvalue weighted by atomic mass is 16.6. The molecule has 0 aliphatic carbocycles. The number of carbonyl (C=O) groups is 3. The van der Waals surface area contributed by atoms with Gasteiger partial charge in [-0.3, -0.25) is 14.4 Å². The lowest BCUT2D eigenvalue weighted by Gasteiger charge is -2.18. The van der Waals surface area contributed by atoms with Gasteiger partial charge in [-0.2, -0.15) is 0 Å². The van der Waals surface area contributed by atoms with E-state index in [1.54, 1.807) is 0 Å². The molecule has 0 bridgehead atoms. The molecule has 422 valence electrons. The van der Waals surface area contributed by atoms with Crippen molar-refractivity contribution in [1.29, 1.82) is 0 Å². The van der Waals surface area contributed by atoms with Crippen molar-refractivity contribution in [2.75, 3.05) is 13.2 Å². The Morgan fingerprint density at radius 3 is 0.563 bits per heavy atom. The fourth-order valence-corrected chi connectivity index (χ4v) is 10.2. The number of carbonyl (C=O) groups excluding carboxylic acids is 3. The molecule has 0 fully saturated rings. The minimum atomic E-state index is -0.762. The number of hydrogen-bond acceptors (Lipinski definition) is 6. The monoisotopic (exact) mass is 1000 g/mol. The van der Waals surface area contributed by atoms with E-state index in [1.807, 2.05) is 0 Å². The molecule has 0 aromatic rings. The molecule has 0 unspecified atom stereocenters. The molecule has 71 heavy (non-hydrogen) atoms. The van der Waals surface area contributed by atoms with Crippen molar-refractivity contribution >= 4 is 17.9 Å². The van der Waals surface area contributed by atoms with Gasteiger partial charge in [0, 0.05) is 19.3 Å². The molecule has 1 atom stereocenters. The van der Waals surface area contributed by atoms with Crippen molar-refractivity contribution in [1.82, 2.24) is 0 Å². The van der Waals surface area contributed by atoms with Crippen LogP contribution in [0.15, 0.2) is 0 Å². The Morgan fingerprint density at radius 2 is 0.380 bits per heavy atom. The highest BCUT2D eigenvalue weighted by Crippen LogP contribution is 2.19. The van der Waals surface area contributed by atoms with E-state index < -0.39 is 6.10 Å². The summed E-state index contributed by atoms with van der Waals surface area (Å²) in [6.45, 7) is 6.73. The summed E-state index contributed by atoms with van der Waals surface area (Å²) in [4.78, 5) is 38.3. The highest BCUT2D eigenvalue weighted by molar-refractivity contribution is 5.71. The quantitative estimate of drug-likeness (QED) is 0.0343. The van der Waals surface area contributed by atoms with Crippen LogP contribution in [0.4, 0.5) is 0 Å². The van der Waals surface area contributed by atoms with Crippen LogP contribution in [-0.4, -0.2) is 37.2 Å². The number of ether oxygens (including phenoxy) is 3. The predicted octanol–water partition coefficient (Wildman–Crippen LogP) is 21.9. The molecule has 6 heteroatoms. The van der Waals surface area contributed by atoms with Gasteiger partial charge >= 0.3 is 17.9 Å². The first-order valence-electron chi connectivity index (χ1n) is 32.5. The summed E-state index contributed by atoms with van der Waals surface area (Å²) in [7, 11) is 0. The van der Waals surface area contributed by atoms with Crippen molar-refractivity contribution in [3.8, 4) is 0 Å². The van der Waals surface area contributed by atoms with Gasteiger partial charge in [0.25, 0.3) is 0 Å². The Labute approximate surface area is 444 Å². The van der Waals surface area contributed by atoms with Crippen molar-refractivity contribution in [3.05, 3.63) is 0 Å². The van der Waals surface area contributed by atoms with Crippen LogP contribution >= 0.6 is 0 Å². The summed E-state index contributed by atoms with van der Waals surface area (Å²) in [6.07, 6.45) is 69.6.